The molecule has 1 aliphatic carbocycles. The molecular weight excluding hydrogens is 236 g/mol. The van der Waals surface area contributed by atoms with Crippen molar-refractivity contribution in [3.05, 3.63) is 22.4 Å². The molecule has 90 valence electrons. The summed E-state index contributed by atoms with van der Waals surface area (Å²) in [4.78, 5) is 1.50. The number of halogens is 1. The van der Waals surface area contributed by atoms with Gasteiger partial charge in [0.05, 0.1) is 0 Å². The highest BCUT2D eigenvalue weighted by Crippen LogP contribution is 2.38. The third kappa shape index (κ3) is 3.01. The van der Waals surface area contributed by atoms with E-state index in [9.17, 15) is 0 Å². The quantitative estimate of drug-likeness (QED) is 0.670. The van der Waals surface area contributed by atoms with E-state index >= 15 is 0 Å². The van der Waals surface area contributed by atoms with Crippen LogP contribution in [-0.4, -0.2) is 5.38 Å². The van der Waals surface area contributed by atoms with E-state index in [1.54, 1.807) is 0 Å². The van der Waals surface area contributed by atoms with Gasteiger partial charge in [-0.2, -0.15) is 0 Å². The number of hydrogen-bond acceptors (Lipinski definition) is 1. The molecule has 0 N–H and O–H groups in total. The summed E-state index contributed by atoms with van der Waals surface area (Å²) in [5, 5.41) is 2.57. The van der Waals surface area contributed by atoms with Gasteiger partial charge in [0.1, 0.15) is 0 Å². The highest BCUT2D eigenvalue weighted by atomic mass is 35.5. The van der Waals surface area contributed by atoms with Crippen LogP contribution in [0.25, 0.3) is 0 Å². The summed E-state index contributed by atoms with van der Waals surface area (Å²) in [5.74, 6) is 2.40. The fourth-order valence-electron chi connectivity index (χ4n) is 2.77. The molecule has 2 heteroatoms. The molecular formula is C14H21ClS. The molecule has 3 atom stereocenters. The zero-order valence-electron chi connectivity index (χ0n) is 10.2. The summed E-state index contributed by atoms with van der Waals surface area (Å²) in [5.41, 5.74) is 0. The summed E-state index contributed by atoms with van der Waals surface area (Å²) in [7, 11) is 0. The second-order valence-corrected chi connectivity index (χ2v) is 6.97. The first-order chi connectivity index (χ1) is 7.66. The molecule has 1 aromatic rings. The van der Waals surface area contributed by atoms with E-state index in [-0.39, 0.29) is 0 Å². The Morgan fingerprint density at radius 1 is 1.44 bits per heavy atom. The maximum Gasteiger partial charge on any atom is 0.0367 e. The Hall–Kier alpha value is -0.0100. The molecule has 0 aliphatic heterocycles. The van der Waals surface area contributed by atoms with Crippen LogP contribution in [0.2, 0.25) is 0 Å². The Bertz CT molecular complexity index is 305. The van der Waals surface area contributed by atoms with E-state index in [2.05, 4.69) is 31.4 Å². The Morgan fingerprint density at radius 3 is 2.88 bits per heavy atom. The van der Waals surface area contributed by atoms with Crippen molar-refractivity contribution in [3.8, 4) is 0 Å². The average molecular weight is 257 g/mol. The van der Waals surface area contributed by atoms with Crippen LogP contribution in [0.15, 0.2) is 17.5 Å². The van der Waals surface area contributed by atoms with Crippen LogP contribution < -0.4 is 0 Å². The smallest absolute Gasteiger partial charge is 0.0367 e. The van der Waals surface area contributed by atoms with Crippen molar-refractivity contribution in [1.82, 2.24) is 0 Å². The Balaban J connectivity index is 1.96. The predicted octanol–water partition coefficient (Wildman–Crippen LogP) is 4.97. The van der Waals surface area contributed by atoms with Gasteiger partial charge in [-0.15, -0.1) is 22.9 Å². The molecule has 1 heterocycles. The van der Waals surface area contributed by atoms with Gasteiger partial charge >= 0.3 is 0 Å². The summed E-state index contributed by atoms with van der Waals surface area (Å²) in [6.07, 6.45) is 5.05. The molecule has 1 saturated carbocycles. The van der Waals surface area contributed by atoms with Gasteiger partial charge in [0, 0.05) is 10.3 Å². The lowest BCUT2D eigenvalue weighted by Crippen LogP contribution is -2.29. The maximum atomic E-state index is 6.47. The van der Waals surface area contributed by atoms with Gasteiger partial charge in [-0.3, -0.25) is 0 Å². The molecule has 0 bridgehead atoms. The lowest BCUT2D eigenvalue weighted by molar-refractivity contribution is 0.218. The first-order valence-electron chi connectivity index (χ1n) is 6.33. The molecule has 3 unspecified atom stereocenters. The Kier molecular flexibility index (Phi) is 4.32. The van der Waals surface area contributed by atoms with E-state index < -0.39 is 0 Å². The molecule has 1 fully saturated rings. The summed E-state index contributed by atoms with van der Waals surface area (Å²) in [6, 6.07) is 4.39. The lowest BCUT2D eigenvalue weighted by atomic mass is 9.75. The van der Waals surface area contributed by atoms with Crippen molar-refractivity contribution < 1.29 is 0 Å². The highest BCUT2D eigenvalue weighted by molar-refractivity contribution is 7.09. The van der Waals surface area contributed by atoms with Gasteiger partial charge in [0.2, 0.25) is 0 Å². The zero-order valence-corrected chi connectivity index (χ0v) is 11.7. The van der Waals surface area contributed by atoms with Crippen molar-refractivity contribution in [3.63, 3.8) is 0 Å². The van der Waals surface area contributed by atoms with Gasteiger partial charge in [-0.1, -0.05) is 19.9 Å². The number of alkyl halides is 1. The summed E-state index contributed by atoms with van der Waals surface area (Å²) < 4.78 is 0. The number of thiophene rings is 1. The molecule has 0 saturated heterocycles. The second kappa shape index (κ2) is 5.55. The van der Waals surface area contributed by atoms with Crippen LogP contribution in [0.1, 0.15) is 38.0 Å². The number of rotatable bonds is 3. The lowest BCUT2D eigenvalue weighted by Gasteiger charge is -2.35. The van der Waals surface area contributed by atoms with Crippen LogP contribution in [-0.2, 0) is 6.42 Å². The van der Waals surface area contributed by atoms with Crippen molar-refractivity contribution in [1.29, 1.82) is 0 Å². The van der Waals surface area contributed by atoms with Crippen LogP contribution in [0.4, 0.5) is 0 Å². The summed E-state index contributed by atoms with van der Waals surface area (Å²) in [6.45, 7) is 4.70. The van der Waals surface area contributed by atoms with Crippen molar-refractivity contribution in [2.75, 3.05) is 0 Å². The predicted molar refractivity (Wildman–Crippen MR) is 73.3 cm³/mol. The largest absolute Gasteiger partial charge is 0.149 e. The minimum Gasteiger partial charge on any atom is -0.149 e. The molecule has 16 heavy (non-hydrogen) atoms. The van der Waals surface area contributed by atoms with Crippen LogP contribution in [0.3, 0.4) is 0 Å². The molecule has 2 rings (SSSR count). The molecule has 1 aliphatic rings. The Labute approximate surface area is 108 Å². The molecule has 0 amide bonds. The summed E-state index contributed by atoms with van der Waals surface area (Å²) >= 11 is 8.34. The van der Waals surface area contributed by atoms with Gasteiger partial charge < -0.3 is 0 Å². The van der Waals surface area contributed by atoms with Crippen LogP contribution in [0, 0.1) is 17.8 Å². The fraction of sp³-hybridized carbons (Fsp3) is 0.714. The van der Waals surface area contributed by atoms with Crippen molar-refractivity contribution >= 4 is 22.9 Å². The third-order valence-electron chi connectivity index (χ3n) is 3.92. The molecule has 0 spiro atoms. The second-order valence-electron chi connectivity index (χ2n) is 5.38. The van der Waals surface area contributed by atoms with E-state index in [0.717, 1.165) is 11.8 Å². The normalized spacial score (nSPS) is 30.9. The van der Waals surface area contributed by atoms with Crippen LogP contribution >= 0.6 is 22.9 Å². The SMILES string of the molecule is CC(C)C1CCC(Cl)C(Cc2cccs2)C1. The first kappa shape index (κ1) is 12.4. The van der Waals surface area contributed by atoms with Gasteiger partial charge in [-0.05, 0) is 54.9 Å². The van der Waals surface area contributed by atoms with E-state index in [1.165, 1.54) is 30.6 Å². The molecule has 0 radical (unpaired) electrons. The van der Waals surface area contributed by atoms with Gasteiger partial charge in [0.15, 0.2) is 0 Å². The minimum absolute atomic E-state index is 0.400. The first-order valence-corrected chi connectivity index (χ1v) is 7.65. The van der Waals surface area contributed by atoms with Crippen LogP contribution in [0.5, 0.6) is 0 Å². The Morgan fingerprint density at radius 2 is 2.25 bits per heavy atom. The van der Waals surface area contributed by atoms with E-state index in [0.29, 0.717) is 11.3 Å². The van der Waals surface area contributed by atoms with E-state index in [1.807, 2.05) is 11.3 Å². The van der Waals surface area contributed by atoms with Crippen molar-refractivity contribution in [2.24, 2.45) is 17.8 Å². The molecule has 1 aromatic heterocycles. The maximum absolute atomic E-state index is 6.47. The average Bonchev–Trinajstić information content (AvgIpc) is 2.73. The van der Waals surface area contributed by atoms with Gasteiger partial charge in [-0.25, -0.2) is 0 Å². The zero-order chi connectivity index (χ0) is 11.5. The monoisotopic (exact) mass is 256 g/mol. The standard InChI is InChI=1S/C14H21ClS/c1-10(2)11-5-6-14(15)12(8-11)9-13-4-3-7-16-13/h3-4,7,10-12,14H,5-6,8-9H2,1-2H3. The molecule has 0 aromatic carbocycles. The number of hydrogen-bond donors (Lipinski definition) is 0. The minimum atomic E-state index is 0.400. The highest BCUT2D eigenvalue weighted by Gasteiger charge is 2.30. The van der Waals surface area contributed by atoms with Crippen molar-refractivity contribution in [2.45, 2.75) is 44.9 Å². The van der Waals surface area contributed by atoms with E-state index in [4.69, 9.17) is 11.6 Å². The topological polar surface area (TPSA) is 0 Å². The third-order valence-corrected chi connectivity index (χ3v) is 5.39. The fourth-order valence-corrected chi connectivity index (χ4v) is 3.88. The molecule has 0 nitrogen and oxygen atoms in total. The van der Waals surface area contributed by atoms with Gasteiger partial charge in [0.25, 0.3) is 0 Å².